The van der Waals surface area contributed by atoms with Gasteiger partial charge in [0.15, 0.2) is 0 Å². The SMILES string of the molecule is C[C@H](N)C(=O)N1CCCC(CN(C)C)C1. The molecule has 0 bridgehead atoms. The second-order valence-electron chi connectivity index (χ2n) is 4.84. The van der Waals surface area contributed by atoms with Gasteiger partial charge in [-0.3, -0.25) is 4.79 Å². The molecule has 1 amide bonds. The Hall–Kier alpha value is -0.610. The summed E-state index contributed by atoms with van der Waals surface area (Å²) in [5.74, 6) is 0.704. The van der Waals surface area contributed by atoms with Crippen LogP contribution in [0, 0.1) is 5.92 Å². The van der Waals surface area contributed by atoms with E-state index >= 15 is 0 Å². The molecule has 88 valence electrons. The average molecular weight is 213 g/mol. The monoisotopic (exact) mass is 213 g/mol. The third-order valence-electron chi connectivity index (χ3n) is 2.84. The van der Waals surface area contributed by atoms with Crippen molar-refractivity contribution in [3.63, 3.8) is 0 Å². The van der Waals surface area contributed by atoms with E-state index in [0.29, 0.717) is 5.92 Å². The molecule has 1 aliphatic rings. The predicted molar refractivity (Wildman–Crippen MR) is 61.5 cm³/mol. The molecule has 1 unspecified atom stereocenters. The van der Waals surface area contributed by atoms with Gasteiger partial charge in [0.2, 0.25) is 5.91 Å². The number of rotatable bonds is 3. The molecule has 1 aliphatic heterocycles. The van der Waals surface area contributed by atoms with Gasteiger partial charge in [0, 0.05) is 19.6 Å². The van der Waals surface area contributed by atoms with Gasteiger partial charge in [-0.2, -0.15) is 0 Å². The van der Waals surface area contributed by atoms with Crippen LogP contribution in [0.15, 0.2) is 0 Å². The summed E-state index contributed by atoms with van der Waals surface area (Å²) in [7, 11) is 4.15. The number of hydrogen-bond donors (Lipinski definition) is 1. The molecule has 15 heavy (non-hydrogen) atoms. The van der Waals surface area contributed by atoms with Crippen molar-refractivity contribution in [3.05, 3.63) is 0 Å². The van der Waals surface area contributed by atoms with E-state index in [1.165, 1.54) is 6.42 Å². The molecule has 4 nitrogen and oxygen atoms in total. The summed E-state index contributed by atoms with van der Waals surface area (Å²) in [5, 5.41) is 0. The van der Waals surface area contributed by atoms with Crippen LogP contribution in [0.2, 0.25) is 0 Å². The Labute approximate surface area is 92.4 Å². The lowest BCUT2D eigenvalue weighted by atomic mass is 9.97. The molecule has 1 rings (SSSR count). The van der Waals surface area contributed by atoms with Gasteiger partial charge in [0.25, 0.3) is 0 Å². The lowest BCUT2D eigenvalue weighted by Gasteiger charge is -2.34. The fourth-order valence-corrected chi connectivity index (χ4v) is 2.22. The van der Waals surface area contributed by atoms with Crippen LogP contribution in [0.4, 0.5) is 0 Å². The maximum atomic E-state index is 11.7. The van der Waals surface area contributed by atoms with E-state index < -0.39 is 0 Å². The van der Waals surface area contributed by atoms with E-state index in [9.17, 15) is 4.79 Å². The first-order valence-corrected chi connectivity index (χ1v) is 5.69. The molecule has 4 heteroatoms. The van der Waals surface area contributed by atoms with Crippen LogP contribution in [-0.4, -0.2) is 55.5 Å². The highest BCUT2D eigenvalue weighted by molar-refractivity contribution is 5.81. The van der Waals surface area contributed by atoms with Crippen molar-refractivity contribution in [1.29, 1.82) is 0 Å². The van der Waals surface area contributed by atoms with Gasteiger partial charge in [0.1, 0.15) is 0 Å². The molecule has 2 atom stereocenters. The van der Waals surface area contributed by atoms with E-state index in [4.69, 9.17) is 5.73 Å². The normalized spacial score (nSPS) is 24.3. The minimum Gasteiger partial charge on any atom is -0.341 e. The van der Waals surface area contributed by atoms with Gasteiger partial charge in [-0.1, -0.05) is 0 Å². The molecule has 0 saturated carbocycles. The lowest BCUT2D eigenvalue weighted by molar-refractivity contribution is -0.134. The fraction of sp³-hybridized carbons (Fsp3) is 0.909. The number of nitrogens with two attached hydrogens (primary N) is 1. The molecule has 0 aromatic carbocycles. The zero-order valence-corrected chi connectivity index (χ0v) is 10.1. The first kappa shape index (κ1) is 12.5. The van der Waals surface area contributed by atoms with Gasteiger partial charge in [-0.25, -0.2) is 0 Å². The van der Waals surface area contributed by atoms with Crippen molar-refractivity contribution in [2.45, 2.75) is 25.8 Å². The van der Waals surface area contributed by atoms with Crippen LogP contribution in [0.25, 0.3) is 0 Å². The molecular weight excluding hydrogens is 190 g/mol. The predicted octanol–water partition coefficient (Wildman–Crippen LogP) is 0.134. The standard InChI is InChI=1S/C11H23N3O/c1-9(12)11(15)14-6-4-5-10(8-14)7-13(2)3/h9-10H,4-8,12H2,1-3H3/t9-,10?/m0/s1. The van der Waals surface area contributed by atoms with E-state index in [0.717, 1.165) is 26.1 Å². The molecule has 1 saturated heterocycles. The highest BCUT2D eigenvalue weighted by Crippen LogP contribution is 2.17. The highest BCUT2D eigenvalue weighted by atomic mass is 16.2. The highest BCUT2D eigenvalue weighted by Gasteiger charge is 2.25. The van der Waals surface area contributed by atoms with E-state index in [1.807, 2.05) is 4.90 Å². The molecule has 0 aromatic rings. The topological polar surface area (TPSA) is 49.6 Å². The Morgan fingerprint density at radius 3 is 2.80 bits per heavy atom. The second-order valence-corrected chi connectivity index (χ2v) is 4.84. The summed E-state index contributed by atoms with van der Waals surface area (Å²) >= 11 is 0. The van der Waals surface area contributed by atoms with E-state index in [2.05, 4.69) is 19.0 Å². The number of amides is 1. The molecule has 0 radical (unpaired) electrons. The Balaban J connectivity index is 2.45. The number of likely N-dealkylation sites (tertiary alicyclic amines) is 1. The average Bonchev–Trinajstić information content (AvgIpc) is 2.16. The van der Waals surface area contributed by atoms with Crippen LogP contribution >= 0.6 is 0 Å². The minimum absolute atomic E-state index is 0.0958. The maximum Gasteiger partial charge on any atom is 0.239 e. The summed E-state index contributed by atoms with van der Waals surface area (Å²) in [5.41, 5.74) is 5.61. The Bertz CT molecular complexity index is 216. The van der Waals surface area contributed by atoms with Crippen LogP contribution in [-0.2, 0) is 4.79 Å². The van der Waals surface area contributed by atoms with E-state index in [1.54, 1.807) is 6.92 Å². The molecule has 0 aromatic heterocycles. The summed E-state index contributed by atoms with van der Waals surface area (Å²) in [6.45, 7) is 4.57. The number of carbonyl (C=O) groups is 1. The Morgan fingerprint density at radius 2 is 2.27 bits per heavy atom. The van der Waals surface area contributed by atoms with Crippen LogP contribution in [0.1, 0.15) is 19.8 Å². The number of carbonyl (C=O) groups excluding carboxylic acids is 1. The van der Waals surface area contributed by atoms with Crippen LogP contribution < -0.4 is 5.73 Å². The summed E-state index contributed by atoms with van der Waals surface area (Å²) in [4.78, 5) is 15.8. The van der Waals surface area contributed by atoms with Gasteiger partial charge >= 0.3 is 0 Å². The Kier molecular flexibility index (Phi) is 4.54. The van der Waals surface area contributed by atoms with Crippen molar-refractivity contribution >= 4 is 5.91 Å². The van der Waals surface area contributed by atoms with Crippen LogP contribution in [0.5, 0.6) is 0 Å². The van der Waals surface area contributed by atoms with E-state index in [-0.39, 0.29) is 11.9 Å². The third-order valence-corrected chi connectivity index (χ3v) is 2.84. The van der Waals surface area contributed by atoms with Gasteiger partial charge in [-0.05, 0) is 39.8 Å². The third kappa shape index (κ3) is 3.80. The number of nitrogens with zero attached hydrogens (tertiary/aromatic N) is 2. The van der Waals surface area contributed by atoms with Crippen LogP contribution in [0.3, 0.4) is 0 Å². The zero-order chi connectivity index (χ0) is 11.4. The van der Waals surface area contributed by atoms with Gasteiger partial charge < -0.3 is 15.5 Å². The first-order valence-electron chi connectivity index (χ1n) is 5.69. The van der Waals surface area contributed by atoms with Crippen molar-refractivity contribution in [2.75, 3.05) is 33.7 Å². The van der Waals surface area contributed by atoms with Crippen molar-refractivity contribution in [1.82, 2.24) is 9.80 Å². The van der Waals surface area contributed by atoms with Crippen molar-refractivity contribution < 1.29 is 4.79 Å². The largest absolute Gasteiger partial charge is 0.341 e. The molecule has 0 spiro atoms. The van der Waals surface area contributed by atoms with Gasteiger partial charge in [0.05, 0.1) is 6.04 Å². The number of hydrogen-bond acceptors (Lipinski definition) is 3. The maximum absolute atomic E-state index is 11.7. The van der Waals surface area contributed by atoms with Crippen molar-refractivity contribution in [3.8, 4) is 0 Å². The molecular formula is C11H23N3O. The zero-order valence-electron chi connectivity index (χ0n) is 10.1. The summed E-state index contributed by atoms with van der Waals surface area (Å²) in [6, 6.07) is -0.358. The molecule has 0 aliphatic carbocycles. The molecule has 1 heterocycles. The quantitative estimate of drug-likeness (QED) is 0.725. The first-order chi connectivity index (χ1) is 7.00. The fourth-order valence-electron chi connectivity index (χ4n) is 2.22. The lowest BCUT2D eigenvalue weighted by Crippen LogP contribution is -2.48. The van der Waals surface area contributed by atoms with Crippen molar-refractivity contribution in [2.24, 2.45) is 11.7 Å². The summed E-state index contributed by atoms with van der Waals surface area (Å²) in [6.07, 6.45) is 2.33. The molecule has 2 N–H and O–H groups in total. The second kappa shape index (κ2) is 5.47. The number of piperidine rings is 1. The molecule has 1 fully saturated rings. The minimum atomic E-state index is -0.358. The Morgan fingerprint density at radius 1 is 1.60 bits per heavy atom. The van der Waals surface area contributed by atoms with Gasteiger partial charge in [-0.15, -0.1) is 0 Å². The smallest absolute Gasteiger partial charge is 0.239 e. The summed E-state index contributed by atoms with van der Waals surface area (Å²) < 4.78 is 0.